The van der Waals surface area contributed by atoms with Crippen LogP contribution >= 0.6 is 15.9 Å². The summed E-state index contributed by atoms with van der Waals surface area (Å²) >= 11 is 3.43. The molecule has 1 fully saturated rings. The number of piperazine rings is 1. The summed E-state index contributed by atoms with van der Waals surface area (Å²) in [5.41, 5.74) is 0.718. The minimum Gasteiger partial charge on any atom is -0.342 e. The highest BCUT2D eigenvalue weighted by Gasteiger charge is 2.25. The SMILES string of the molecule is CCCn1cc(Br)cc1C(=O)N1CCN(C(C)=O)CC1. The van der Waals surface area contributed by atoms with E-state index in [9.17, 15) is 9.59 Å². The first-order valence-corrected chi connectivity index (χ1v) is 7.72. The number of aryl methyl sites for hydroxylation is 1. The van der Waals surface area contributed by atoms with Crippen molar-refractivity contribution in [2.75, 3.05) is 26.2 Å². The van der Waals surface area contributed by atoms with E-state index in [1.807, 2.05) is 21.7 Å². The molecule has 1 aromatic heterocycles. The van der Waals surface area contributed by atoms with Gasteiger partial charge in [0.2, 0.25) is 5.91 Å². The first kappa shape index (κ1) is 15.1. The molecule has 6 heteroatoms. The highest BCUT2D eigenvalue weighted by molar-refractivity contribution is 9.10. The average Bonchev–Trinajstić information content (AvgIpc) is 2.79. The van der Waals surface area contributed by atoms with Crippen LogP contribution in [-0.4, -0.2) is 52.4 Å². The van der Waals surface area contributed by atoms with Crippen LogP contribution in [0.2, 0.25) is 0 Å². The summed E-state index contributed by atoms with van der Waals surface area (Å²) in [6.45, 7) is 6.95. The third kappa shape index (κ3) is 3.23. The van der Waals surface area contributed by atoms with E-state index >= 15 is 0 Å². The Morgan fingerprint density at radius 3 is 2.35 bits per heavy atom. The van der Waals surface area contributed by atoms with Crippen LogP contribution in [0, 0.1) is 0 Å². The maximum atomic E-state index is 12.6. The molecule has 1 aromatic rings. The lowest BCUT2D eigenvalue weighted by Crippen LogP contribution is -2.50. The van der Waals surface area contributed by atoms with Crippen molar-refractivity contribution in [3.05, 3.63) is 22.4 Å². The summed E-state index contributed by atoms with van der Waals surface area (Å²) < 4.78 is 2.92. The van der Waals surface area contributed by atoms with Crippen molar-refractivity contribution < 1.29 is 9.59 Å². The van der Waals surface area contributed by atoms with Crippen LogP contribution in [-0.2, 0) is 11.3 Å². The molecule has 0 spiro atoms. The highest BCUT2D eigenvalue weighted by Crippen LogP contribution is 2.18. The fraction of sp³-hybridized carbons (Fsp3) is 0.571. The Hall–Kier alpha value is -1.30. The van der Waals surface area contributed by atoms with Crippen molar-refractivity contribution in [2.45, 2.75) is 26.8 Å². The van der Waals surface area contributed by atoms with E-state index in [-0.39, 0.29) is 11.8 Å². The minimum absolute atomic E-state index is 0.0485. The van der Waals surface area contributed by atoms with Crippen molar-refractivity contribution in [1.29, 1.82) is 0 Å². The average molecular weight is 342 g/mol. The molecule has 2 rings (SSSR count). The summed E-state index contributed by atoms with van der Waals surface area (Å²) in [6, 6.07) is 1.87. The number of nitrogens with zero attached hydrogens (tertiary/aromatic N) is 3. The van der Waals surface area contributed by atoms with Crippen molar-refractivity contribution in [3.8, 4) is 0 Å². The van der Waals surface area contributed by atoms with E-state index in [0.717, 1.165) is 23.1 Å². The number of carbonyl (C=O) groups is 2. The molecule has 2 heterocycles. The molecule has 0 aromatic carbocycles. The Labute approximate surface area is 127 Å². The molecule has 110 valence electrons. The molecule has 1 saturated heterocycles. The van der Waals surface area contributed by atoms with Crippen LogP contribution in [0.4, 0.5) is 0 Å². The van der Waals surface area contributed by atoms with E-state index in [1.165, 1.54) is 0 Å². The van der Waals surface area contributed by atoms with Crippen LogP contribution in [0.5, 0.6) is 0 Å². The first-order valence-electron chi connectivity index (χ1n) is 6.93. The monoisotopic (exact) mass is 341 g/mol. The third-order valence-electron chi connectivity index (χ3n) is 3.56. The van der Waals surface area contributed by atoms with Crippen LogP contribution in [0.1, 0.15) is 30.8 Å². The van der Waals surface area contributed by atoms with Gasteiger partial charge in [0.25, 0.3) is 5.91 Å². The largest absolute Gasteiger partial charge is 0.342 e. The van der Waals surface area contributed by atoms with Gasteiger partial charge >= 0.3 is 0 Å². The van der Waals surface area contributed by atoms with Gasteiger partial charge < -0.3 is 14.4 Å². The third-order valence-corrected chi connectivity index (χ3v) is 3.99. The van der Waals surface area contributed by atoms with Crippen molar-refractivity contribution >= 4 is 27.7 Å². The number of hydrogen-bond acceptors (Lipinski definition) is 2. The lowest BCUT2D eigenvalue weighted by molar-refractivity contribution is -0.130. The standard InChI is InChI=1S/C14H20BrN3O2/c1-3-4-18-10-12(15)9-13(18)14(20)17-7-5-16(6-8-17)11(2)19/h9-10H,3-8H2,1-2H3. The number of rotatable bonds is 3. The number of amides is 2. The van der Waals surface area contributed by atoms with E-state index in [0.29, 0.717) is 26.2 Å². The van der Waals surface area contributed by atoms with Crippen molar-refractivity contribution in [3.63, 3.8) is 0 Å². The second kappa shape index (κ2) is 6.43. The van der Waals surface area contributed by atoms with Crippen molar-refractivity contribution in [2.24, 2.45) is 0 Å². The summed E-state index contributed by atoms with van der Waals surface area (Å²) in [5.74, 6) is 0.126. The zero-order chi connectivity index (χ0) is 14.7. The molecule has 0 unspecified atom stereocenters. The molecule has 0 bridgehead atoms. The molecular formula is C14H20BrN3O2. The second-order valence-corrected chi connectivity index (χ2v) is 5.95. The van der Waals surface area contributed by atoms with E-state index in [1.54, 1.807) is 11.8 Å². The lowest BCUT2D eigenvalue weighted by atomic mass is 10.2. The van der Waals surface area contributed by atoms with E-state index in [2.05, 4.69) is 22.9 Å². The Bertz CT molecular complexity index is 505. The number of carbonyl (C=O) groups excluding carboxylic acids is 2. The van der Waals surface area contributed by atoms with Crippen LogP contribution in [0.3, 0.4) is 0 Å². The predicted molar refractivity (Wildman–Crippen MR) is 80.6 cm³/mol. The first-order chi connectivity index (χ1) is 9.52. The van der Waals surface area contributed by atoms with Crippen LogP contribution in [0.15, 0.2) is 16.7 Å². The normalized spacial score (nSPS) is 15.6. The van der Waals surface area contributed by atoms with Crippen LogP contribution < -0.4 is 0 Å². The predicted octanol–water partition coefficient (Wildman–Crippen LogP) is 1.96. The van der Waals surface area contributed by atoms with E-state index in [4.69, 9.17) is 0 Å². The molecule has 0 aliphatic carbocycles. The van der Waals surface area contributed by atoms with Gasteiger partial charge in [-0.3, -0.25) is 9.59 Å². The van der Waals surface area contributed by atoms with Gasteiger partial charge in [-0.05, 0) is 28.4 Å². The van der Waals surface area contributed by atoms with Crippen molar-refractivity contribution in [1.82, 2.24) is 14.4 Å². The highest BCUT2D eigenvalue weighted by atomic mass is 79.9. The molecule has 0 radical (unpaired) electrons. The number of aromatic nitrogens is 1. The lowest BCUT2D eigenvalue weighted by Gasteiger charge is -2.34. The van der Waals surface area contributed by atoms with Gasteiger partial charge in [-0.1, -0.05) is 6.92 Å². The Morgan fingerprint density at radius 2 is 1.80 bits per heavy atom. The maximum absolute atomic E-state index is 12.6. The number of halogens is 1. The van der Waals surface area contributed by atoms with Gasteiger partial charge in [0.05, 0.1) is 0 Å². The van der Waals surface area contributed by atoms with Gasteiger partial charge in [-0.15, -0.1) is 0 Å². The maximum Gasteiger partial charge on any atom is 0.270 e. The van der Waals surface area contributed by atoms with Gasteiger partial charge in [-0.2, -0.15) is 0 Å². The Balaban J connectivity index is 2.07. The molecule has 2 amide bonds. The second-order valence-electron chi connectivity index (χ2n) is 5.04. The molecular weight excluding hydrogens is 322 g/mol. The Kier molecular flexibility index (Phi) is 4.86. The molecule has 0 atom stereocenters. The van der Waals surface area contributed by atoms with Gasteiger partial charge in [0, 0.05) is 50.3 Å². The molecule has 1 aliphatic rings. The zero-order valence-electron chi connectivity index (χ0n) is 11.9. The topological polar surface area (TPSA) is 45.6 Å². The molecule has 0 N–H and O–H groups in total. The molecule has 1 aliphatic heterocycles. The van der Waals surface area contributed by atoms with E-state index < -0.39 is 0 Å². The van der Waals surface area contributed by atoms with Crippen LogP contribution in [0.25, 0.3) is 0 Å². The van der Waals surface area contributed by atoms with Gasteiger partial charge in [-0.25, -0.2) is 0 Å². The summed E-state index contributed by atoms with van der Waals surface area (Å²) in [5, 5.41) is 0. The zero-order valence-corrected chi connectivity index (χ0v) is 13.5. The fourth-order valence-corrected chi connectivity index (χ4v) is 2.93. The molecule has 0 saturated carbocycles. The van der Waals surface area contributed by atoms with Gasteiger partial charge in [0.15, 0.2) is 0 Å². The quantitative estimate of drug-likeness (QED) is 0.843. The van der Waals surface area contributed by atoms with Gasteiger partial charge in [0.1, 0.15) is 5.69 Å². The summed E-state index contributed by atoms with van der Waals surface area (Å²) in [7, 11) is 0. The Morgan fingerprint density at radius 1 is 1.20 bits per heavy atom. The summed E-state index contributed by atoms with van der Waals surface area (Å²) in [4.78, 5) is 27.5. The smallest absolute Gasteiger partial charge is 0.270 e. The molecule has 20 heavy (non-hydrogen) atoms. The number of hydrogen-bond donors (Lipinski definition) is 0. The minimum atomic E-state index is 0.0485. The fourth-order valence-electron chi connectivity index (χ4n) is 2.47. The summed E-state index contributed by atoms with van der Waals surface area (Å²) in [6.07, 6.45) is 2.93. The molecule has 5 nitrogen and oxygen atoms in total.